The zero-order chi connectivity index (χ0) is 13.1. The normalized spacial score (nSPS) is 10.7. The molecule has 0 N–H and O–H groups in total. The lowest BCUT2D eigenvalue weighted by Gasteiger charge is -2.08. The lowest BCUT2D eigenvalue weighted by molar-refractivity contribution is 0.101. The topological polar surface area (TPSA) is 30.0 Å². The molecular formula is C13H8F3NO. The van der Waals surface area contributed by atoms with E-state index in [1.807, 2.05) is 0 Å². The van der Waals surface area contributed by atoms with Crippen LogP contribution in [-0.4, -0.2) is 10.8 Å². The Morgan fingerprint density at radius 2 is 1.89 bits per heavy atom. The minimum absolute atomic E-state index is 0.00463. The van der Waals surface area contributed by atoms with Gasteiger partial charge < -0.3 is 0 Å². The molecule has 0 saturated heterocycles. The summed E-state index contributed by atoms with van der Waals surface area (Å²) >= 11 is 0. The van der Waals surface area contributed by atoms with Crippen LogP contribution in [0.5, 0.6) is 0 Å². The summed E-state index contributed by atoms with van der Waals surface area (Å²) in [5.74, 6) is -1.81. The number of benzene rings is 1. The van der Waals surface area contributed by atoms with E-state index < -0.39 is 23.6 Å². The second-order valence-electron chi connectivity index (χ2n) is 3.55. The number of aromatic nitrogens is 1. The summed E-state index contributed by atoms with van der Waals surface area (Å²) in [5.41, 5.74) is -1.23. The van der Waals surface area contributed by atoms with Gasteiger partial charge in [0, 0.05) is 11.8 Å². The molecule has 1 heterocycles. The zero-order valence-corrected chi connectivity index (χ0v) is 9.11. The van der Waals surface area contributed by atoms with Crippen molar-refractivity contribution in [1.29, 1.82) is 0 Å². The van der Waals surface area contributed by atoms with Gasteiger partial charge in [-0.3, -0.25) is 9.78 Å². The molecule has 0 amide bonds. The van der Waals surface area contributed by atoms with Crippen LogP contribution in [0.3, 0.4) is 0 Å². The van der Waals surface area contributed by atoms with Crippen LogP contribution in [0.1, 0.15) is 28.0 Å². The fourth-order valence-corrected chi connectivity index (χ4v) is 1.59. The van der Waals surface area contributed by atoms with Gasteiger partial charge in [0.15, 0.2) is 0 Å². The number of hydrogen-bond acceptors (Lipinski definition) is 2. The number of hydrogen-bond donors (Lipinski definition) is 0. The molecule has 0 saturated carbocycles. The molecule has 1 aromatic heterocycles. The number of rotatable bonds is 3. The molecule has 0 radical (unpaired) electrons. The van der Waals surface area contributed by atoms with E-state index in [1.165, 1.54) is 24.4 Å². The van der Waals surface area contributed by atoms with E-state index in [2.05, 4.69) is 4.98 Å². The van der Waals surface area contributed by atoms with Crippen LogP contribution in [0.4, 0.5) is 13.2 Å². The third kappa shape index (κ3) is 2.25. The standard InChI is InChI=1S/C13H8F3NO/c14-9-5-3-4-8(11(9)13(15)16)12(18)10-6-1-2-7-17-10/h1-7,13H. The number of nitrogens with zero attached hydrogens (tertiary/aromatic N) is 1. The summed E-state index contributed by atoms with van der Waals surface area (Å²) in [5, 5.41) is 0. The molecule has 0 atom stereocenters. The van der Waals surface area contributed by atoms with E-state index in [-0.39, 0.29) is 11.3 Å². The van der Waals surface area contributed by atoms with Crippen molar-refractivity contribution in [2.75, 3.05) is 0 Å². The van der Waals surface area contributed by atoms with Crippen molar-refractivity contribution in [1.82, 2.24) is 4.98 Å². The van der Waals surface area contributed by atoms with Crippen molar-refractivity contribution >= 4 is 5.78 Å². The molecule has 0 spiro atoms. The van der Waals surface area contributed by atoms with Gasteiger partial charge in [0.05, 0.1) is 5.56 Å². The molecule has 2 aromatic rings. The Labute approximate surface area is 101 Å². The number of halogens is 3. The van der Waals surface area contributed by atoms with Gasteiger partial charge in [0.2, 0.25) is 5.78 Å². The van der Waals surface area contributed by atoms with E-state index >= 15 is 0 Å². The van der Waals surface area contributed by atoms with Crippen LogP contribution >= 0.6 is 0 Å². The largest absolute Gasteiger partial charge is 0.287 e. The number of carbonyl (C=O) groups is 1. The quantitative estimate of drug-likeness (QED) is 0.782. The maximum atomic E-state index is 13.3. The number of alkyl halides is 2. The maximum absolute atomic E-state index is 13.3. The van der Waals surface area contributed by atoms with Gasteiger partial charge in [-0.1, -0.05) is 18.2 Å². The molecule has 0 fully saturated rings. The summed E-state index contributed by atoms with van der Waals surface area (Å²) in [7, 11) is 0. The Balaban J connectivity index is 2.52. The van der Waals surface area contributed by atoms with Crippen LogP contribution in [-0.2, 0) is 0 Å². The number of carbonyl (C=O) groups excluding carboxylic acids is 1. The van der Waals surface area contributed by atoms with Crippen molar-refractivity contribution in [2.24, 2.45) is 0 Å². The molecule has 0 unspecified atom stereocenters. The minimum Gasteiger partial charge on any atom is -0.287 e. The molecule has 92 valence electrons. The number of ketones is 1. The van der Waals surface area contributed by atoms with E-state index in [1.54, 1.807) is 12.1 Å². The van der Waals surface area contributed by atoms with Crippen LogP contribution in [0, 0.1) is 5.82 Å². The summed E-state index contributed by atoms with van der Waals surface area (Å²) in [4.78, 5) is 15.7. The molecule has 0 bridgehead atoms. The maximum Gasteiger partial charge on any atom is 0.267 e. The second-order valence-corrected chi connectivity index (χ2v) is 3.55. The lowest BCUT2D eigenvalue weighted by Crippen LogP contribution is -2.09. The molecule has 2 nitrogen and oxygen atoms in total. The Morgan fingerprint density at radius 1 is 1.11 bits per heavy atom. The predicted molar refractivity (Wildman–Crippen MR) is 59.0 cm³/mol. The smallest absolute Gasteiger partial charge is 0.267 e. The fourth-order valence-electron chi connectivity index (χ4n) is 1.59. The summed E-state index contributed by atoms with van der Waals surface area (Å²) in [6.45, 7) is 0. The van der Waals surface area contributed by atoms with E-state index in [0.717, 1.165) is 6.07 Å². The van der Waals surface area contributed by atoms with Gasteiger partial charge in [-0.15, -0.1) is 0 Å². The van der Waals surface area contributed by atoms with Crippen LogP contribution in [0.2, 0.25) is 0 Å². The minimum atomic E-state index is -3.05. The van der Waals surface area contributed by atoms with Crippen molar-refractivity contribution in [3.63, 3.8) is 0 Å². The highest BCUT2D eigenvalue weighted by Crippen LogP contribution is 2.27. The van der Waals surface area contributed by atoms with E-state index in [4.69, 9.17) is 0 Å². The highest BCUT2D eigenvalue weighted by Gasteiger charge is 2.23. The lowest BCUT2D eigenvalue weighted by atomic mass is 10.0. The average Bonchev–Trinajstić information content (AvgIpc) is 2.38. The zero-order valence-electron chi connectivity index (χ0n) is 9.11. The molecule has 1 aromatic carbocycles. The molecule has 5 heteroatoms. The van der Waals surface area contributed by atoms with Crippen molar-refractivity contribution in [2.45, 2.75) is 6.43 Å². The first-order valence-corrected chi connectivity index (χ1v) is 5.13. The van der Waals surface area contributed by atoms with Gasteiger partial charge in [-0.25, -0.2) is 13.2 Å². The second kappa shape index (κ2) is 5.00. The molecular weight excluding hydrogens is 243 g/mol. The monoisotopic (exact) mass is 251 g/mol. The Morgan fingerprint density at radius 3 is 2.50 bits per heavy atom. The molecule has 2 rings (SSSR count). The van der Waals surface area contributed by atoms with Crippen LogP contribution in [0.15, 0.2) is 42.6 Å². The van der Waals surface area contributed by atoms with Gasteiger partial charge >= 0.3 is 0 Å². The third-order valence-electron chi connectivity index (χ3n) is 2.41. The molecule has 0 aliphatic carbocycles. The van der Waals surface area contributed by atoms with Crippen LogP contribution < -0.4 is 0 Å². The predicted octanol–water partition coefficient (Wildman–Crippen LogP) is 3.39. The first-order valence-electron chi connectivity index (χ1n) is 5.13. The van der Waals surface area contributed by atoms with Gasteiger partial charge in [-0.05, 0) is 18.2 Å². The Kier molecular flexibility index (Phi) is 3.41. The highest BCUT2D eigenvalue weighted by atomic mass is 19.3. The van der Waals surface area contributed by atoms with Gasteiger partial charge in [-0.2, -0.15) is 0 Å². The summed E-state index contributed by atoms with van der Waals surface area (Å²) in [6.07, 6.45) is -1.68. The van der Waals surface area contributed by atoms with Gasteiger partial charge in [0.25, 0.3) is 6.43 Å². The van der Waals surface area contributed by atoms with Crippen LogP contribution in [0.25, 0.3) is 0 Å². The van der Waals surface area contributed by atoms with Crippen molar-refractivity contribution in [3.05, 3.63) is 65.2 Å². The van der Waals surface area contributed by atoms with Gasteiger partial charge in [0.1, 0.15) is 11.5 Å². The summed E-state index contributed by atoms with van der Waals surface area (Å²) in [6, 6.07) is 7.83. The highest BCUT2D eigenvalue weighted by molar-refractivity contribution is 6.08. The average molecular weight is 251 g/mol. The Hall–Kier alpha value is -2.17. The molecule has 18 heavy (non-hydrogen) atoms. The van der Waals surface area contributed by atoms with E-state index in [0.29, 0.717) is 0 Å². The SMILES string of the molecule is O=C(c1ccccn1)c1cccc(F)c1C(F)F. The van der Waals surface area contributed by atoms with Crippen molar-refractivity contribution in [3.8, 4) is 0 Å². The summed E-state index contributed by atoms with van der Waals surface area (Å²) < 4.78 is 38.8. The fraction of sp³-hybridized carbons (Fsp3) is 0.0769. The Bertz CT molecular complexity index is 570. The third-order valence-corrected chi connectivity index (χ3v) is 2.41. The molecule has 0 aliphatic rings. The number of pyridine rings is 1. The first kappa shape index (κ1) is 12.3. The molecule has 0 aliphatic heterocycles. The first-order chi connectivity index (χ1) is 8.61. The van der Waals surface area contributed by atoms with E-state index in [9.17, 15) is 18.0 Å². The van der Waals surface area contributed by atoms with Crippen molar-refractivity contribution < 1.29 is 18.0 Å².